The highest BCUT2D eigenvalue weighted by atomic mass is 19.1. The summed E-state index contributed by atoms with van der Waals surface area (Å²) in [6, 6.07) is 5.02. The molecule has 1 aliphatic heterocycles. The SMILES string of the molecule is COc1cccc(CC2(O)CCCOCC2)c1F. The number of methoxy groups -OCH3 is 1. The van der Waals surface area contributed by atoms with Crippen molar-refractivity contribution in [1.29, 1.82) is 0 Å². The summed E-state index contributed by atoms with van der Waals surface area (Å²) in [5.74, 6) is -0.153. The number of ether oxygens (including phenoxy) is 2. The van der Waals surface area contributed by atoms with E-state index < -0.39 is 5.60 Å². The van der Waals surface area contributed by atoms with Crippen LogP contribution in [0.4, 0.5) is 4.39 Å². The Bertz CT molecular complexity index is 398. The molecular weight excluding hydrogens is 235 g/mol. The summed E-state index contributed by atoms with van der Waals surface area (Å²) in [5, 5.41) is 10.5. The molecule has 0 aliphatic carbocycles. The molecule has 0 saturated carbocycles. The van der Waals surface area contributed by atoms with Crippen LogP contribution in [0.5, 0.6) is 5.75 Å². The third-order valence-corrected chi connectivity index (χ3v) is 3.43. The summed E-state index contributed by atoms with van der Waals surface area (Å²) < 4.78 is 24.3. The van der Waals surface area contributed by atoms with Crippen molar-refractivity contribution >= 4 is 0 Å². The number of benzene rings is 1. The van der Waals surface area contributed by atoms with Crippen molar-refractivity contribution in [3.63, 3.8) is 0 Å². The largest absolute Gasteiger partial charge is 0.494 e. The van der Waals surface area contributed by atoms with Gasteiger partial charge in [-0.3, -0.25) is 0 Å². The molecule has 0 radical (unpaired) electrons. The van der Waals surface area contributed by atoms with Gasteiger partial charge in [-0.15, -0.1) is 0 Å². The van der Waals surface area contributed by atoms with Gasteiger partial charge in [0.2, 0.25) is 0 Å². The summed E-state index contributed by atoms with van der Waals surface area (Å²) in [6.07, 6.45) is 2.30. The molecule has 0 aromatic heterocycles. The van der Waals surface area contributed by atoms with Crippen LogP contribution >= 0.6 is 0 Å². The van der Waals surface area contributed by atoms with E-state index in [1.807, 2.05) is 0 Å². The van der Waals surface area contributed by atoms with Gasteiger partial charge in [-0.25, -0.2) is 4.39 Å². The van der Waals surface area contributed by atoms with Gasteiger partial charge in [0.05, 0.1) is 12.7 Å². The second-order valence-electron chi connectivity index (χ2n) is 4.80. The molecule has 1 saturated heterocycles. The first kappa shape index (κ1) is 13.3. The Hall–Kier alpha value is -1.13. The molecule has 1 fully saturated rings. The van der Waals surface area contributed by atoms with Crippen molar-refractivity contribution in [3.05, 3.63) is 29.6 Å². The van der Waals surface area contributed by atoms with E-state index in [0.717, 1.165) is 6.42 Å². The van der Waals surface area contributed by atoms with Crippen LogP contribution in [0.3, 0.4) is 0 Å². The highest BCUT2D eigenvalue weighted by molar-refractivity contribution is 5.32. The maximum Gasteiger partial charge on any atom is 0.168 e. The first-order valence-electron chi connectivity index (χ1n) is 6.26. The van der Waals surface area contributed by atoms with Gasteiger partial charge in [0.15, 0.2) is 11.6 Å². The van der Waals surface area contributed by atoms with Gasteiger partial charge < -0.3 is 14.6 Å². The quantitative estimate of drug-likeness (QED) is 0.899. The lowest BCUT2D eigenvalue weighted by Crippen LogP contribution is -2.32. The fourth-order valence-corrected chi connectivity index (χ4v) is 2.37. The van der Waals surface area contributed by atoms with E-state index in [0.29, 0.717) is 38.0 Å². The van der Waals surface area contributed by atoms with Gasteiger partial charge in [-0.05, 0) is 30.9 Å². The van der Waals surface area contributed by atoms with Crippen molar-refractivity contribution in [2.75, 3.05) is 20.3 Å². The zero-order chi connectivity index (χ0) is 13.0. The Balaban J connectivity index is 2.17. The topological polar surface area (TPSA) is 38.7 Å². The molecule has 100 valence electrons. The maximum absolute atomic E-state index is 14.0. The summed E-state index contributed by atoms with van der Waals surface area (Å²) >= 11 is 0. The molecule has 3 nitrogen and oxygen atoms in total. The average Bonchev–Trinajstić information content (AvgIpc) is 2.57. The number of aliphatic hydroxyl groups is 1. The number of hydrogen-bond donors (Lipinski definition) is 1. The van der Waals surface area contributed by atoms with Crippen LogP contribution in [0.1, 0.15) is 24.8 Å². The highest BCUT2D eigenvalue weighted by Crippen LogP contribution is 2.29. The van der Waals surface area contributed by atoms with E-state index in [-0.39, 0.29) is 11.6 Å². The minimum atomic E-state index is -0.871. The van der Waals surface area contributed by atoms with Crippen molar-refractivity contribution in [2.24, 2.45) is 0 Å². The summed E-state index contributed by atoms with van der Waals surface area (Å²) in [7, 11) is 1.44. The summed E-state index contributed by atoms with van der Waals surface area (Å²) in [6.45, 7) is 1.20. The average molecular weight is 254 g/mol. The van der Waals surface area contributed by atoms with E-state index in [1.165, 1.54) is 7.11 Å². The van der Waals surface area contributed by atoms with Crippen LogP contribution in [0, 0.1) is 5.82 Å². The van der Waals surface area contributed by atoms with E-state index >= 15 is 0 Å². The predicted octanol–water partition coefficient (Wildman–Crippen LogP) is 2.31. The van der Waals surface area contributed by atoms with Crippen LogP contribution in [-0.2, 0) is 11.2 Å². The van der Waals surface area contributed by atoms with Gasteiger partial charge in [0.1, 0.15) is 0 Å². The lowest BCUT2D eigenvalue weighted by molar-refractivity contribution is 0.0181. The van der Waals surface area contributed by atoms with E-state index in [4.69, 9.17) is 9.47 Å². The minimum Gasteiger partial charge on any atom is -0.494 e. The molecule has 0 amide bonds. The second-order valence-corrected chi connectivity index (χ2v) is 4.80. The Labute approximate surface area is 107 Å². The van der Waals surface area contributed by atoms with Crippen molar-refractivity contribution in [3.8, 4) is 5.75 Å². The van der Waals surface area contributed by atoms with Crippen molar-refractivity contribution in [1.82, 2.24) is 0 Å². The monoisotopic (exact) mass is 254 g/mol. The van der Waals surface area contributed by atoms with Crippen molar-refractivity contribution in [2.45, 2.75) is 31.3 Å². The molecular formula is C14H19FO3. The molecule has 0 bridgehead atoms. The Morgan fingerprint density at radius 1 is 1.39 bits per heavy atom. The van der Waals surface area contributed by atoms with Gasteiger partial charge in [0.25, 0.3) is 0 Å². The summed E-state index contributed by atoms with van der Waals surface area (Å²) in [5.41, 5.74) is -0.372. The van der Waals surface area contributed by atoms with Gasteiger partial charge >= 0.3 is 0 Å². The molecule has 1 aromatic carbocycles. The molecule has 1 aromatic rings. The van der Waals surface area contributed by atoms with E-state index in [9.17, 15) is 9.50 Å². The second kappa shape index (κ2) is 5.67. The van der Waals surface area contributed by atoms with E-state index in [1.54, 1.807) is 18.2 Å². The van der Waals surface area contributed by atoms with Crippen LogP contribution in [-0.4, -0.2) is 31.0 Å². The normalized spacial score (nSPS) is 24.6. The number of hydrogen-bond acceptors (Lipinski definition) is 3. The molecule has 1 aliphatic rings. The van der Waals surface area contributed by atoms with Gasteiger partial charge in [-0.1, -0.05) is 12.1 Å². The zero-order valence-corrected chi connectivity index (χ0v) is 10.6. The van der Waals surface area contributed by atoms with Crippen molar-refractivity contribution < 1.29 is 19.0 Å². The van der Waals surface area contributed by atoms with E-state index in [2.05, 4.69) is 0 Å². The first-order valence-corrected chi connectivity index (χ1v) is 6.26. The summed E-state index contributed by atoms with van der Waals surface area (Å²) in [4.78, 5) is 0. The number of rotatable bonds is 3. The smallest absolute Gasteiger partial charge is 0.168 e. The molecule has 1 heterocycles. The predicted molar refractivity (Wildman–Crippen MR) is 66.3 cm³/mol. The van der Waals surface area contributed by atoms with Crippen LogP contribution in [0.25, 0.3) is 0 Å². The molecule has 1 unspecified atom stereocenters. The van der Waals surface area contributed by atoms with Crippen LogP contribution < -0.4 is 4.74 Å². The fraction of sp³-hybridized carbons (Fsp3) is 0.571. The molecule has 4 heteroatoms. The zero-order valence-electron chi connectivity index (χ0n) is 10.6. The molecule has 1 atom stereocenters. The number of halogens is 1. The molecule has 1 N–H and O–H groups in total. The van der Waals surface area contributed by atoms with Crippen LogP contribution in [0.2, 0.25) is 0 Å². The van der Waals surface area contributed by atoms with Gasteiger partial charge in [-0.2, -0.15) is 0 Å². The maximum atomic E-state index is 14.0. The molecule has 2 rings (SSSR count). The standard InChI is InChI=1S/C14H19FO3/c1-17-12-5-2-4-11(13(12)15)10-14(16)6-3-8-18-9-7-14/h2,4-5,16H,3,6-10H2,1H3. The Morgan fingerprint density at radius 2 is 2.22 bits per heavy atom. The van der Waals surface area contributed by atoms with Crippen LogP contribution in [0.15, 0.2) is 18.2 Å². The first-order chi connectivity index (χ1) is 8.64. The fourth-order valence-electron chi connectivity index (χ4n) is 2.37. The highest BCUT2D eigenvalue weighted by Gasteiger charge is 2.30. The van der Waals surface area contributed by atoms with Gasteiger partial charge in [0, 0.05) is 19.6 Å². The third kappa shape index (κ3) is 3.00. The molecule has 0 spiro atoms. The lowest BCUT2D eigenvalue weighted by atomic mass is 9.87. The minimum absolute atomic E-state index is 0.223. The lowest BCUT2D eigenvalue weighted by Gasteiger charge is -2.26. The Kier molecular flexibility index (Phi) is 4.19. The third-order valence-electron chi connectivity index (χ3n) is 3.43. The molecule has 18 heavy (non-hydrogen) atoms. The Morgan fingerprint density at radius 3 is 3.00 bits per heavy atom.